The summed E-state index contributed by atoms with van der Waals surface area (Å²) in [7, 11) is 0. The molecule has 1 saturated carbocycles. The van der Waals surface area contributed by atoms with Gasteiger partial charge in [-0.15, -0.1) is 23.2 Å². The van der Waals surface area contributed by atoms with Gasteiger partial charge in [0.05, 0.1) is 26.8 Å². The fourth-order valence-corrected chi connectivity index (χ4v) is 8.12. The minimum atomic E-state index is -2.22. The standard InChI is InChI=1S/C24H12Cl6FN3O6/c25-17-18(26)23(28)16-15(22(17,27)24(23,29)30)20(37)33(21(16)38)32(9-14(35)10-1-5-12(31)6-2-10)19(36)11-3-7-13(8-4-11)34(39)40/h1-8,15-16H,9H2/t15-,16+,22-,23-/m1/s1. The summed E-state index contributed by atoms with van der Waals surface area (Å²) in [4.78, 5) is 60.5. The molecule has 3 amide bonds. The predicted octanol–water partition coefficient (Wildman–Crippen LogP) is 5.42. The summed E-state index contributed by atoms with van der Waals surface area (Å²) < 4.78 is 11.2. The Labute approximate surface area is 254 Å². The number of rotatable bonds is 6. The molecule has 2 aliphatic carbocycles. The van der Waals surface area contributed by atoms with Gasteiger partial charge in [-0.1, -0.05) is 46.4 Å². The zero-order chi connectivity index (χ0) is 29.5. The first-order valence-corrected chi connectivity index (χ1v) is 13.4. The molecule has 1 saturated heterocycles. The number of alkyl halides is 4. The normalized spacial score (nSPS) is 28.2. The van der Waals surface area contributed by atoms with Gasteiger partial charge in [-0.05, 0) is 36.4 Å². The smallest absolute Gasteiger partial charge is 0.273 e. The van der Waals surface area contributed by atoms with E-state index in [9.17, 15) is 33.7 Å². The molecule has 0 unspecified atom stereocenters. The van der Waals surface area contributed by atoms with E-state index < -0.39 is 66.7 Å². The van der Waals surface area contributed by atoms with E-state index in [4.69, 9.17) is 69.6 Å². The molecule has 2 aromatic rings. The summed E-state index contributed by atoms with van der Waals surface area (Å²) >= 11 is 39.1. The number of imide groups is 1. The number of fused-ring (bicyclic) bond motifs is 5. The summed E-state index contributed by atoms with van der Waals surface area (Å²) in [5.74, 6) is -7.83. The molecule has 0 radical (unpaired) electrons. The minimum Gasteiger partial charge on any atom is -0.292 e. The van der Waals surface area contributed by atoms with Gasteiger partial charge in [0.2, 0.25) is 0 Å². The highest BCUT2D eigenvalue weighted by molar-refractivity contribution is 6.66. The van der Waals surface area contributed by atoms with Crippen molar-refractivity contribution in [3.63, 3.8) is 0 Å². The summed E-state index contributed by atoms with van der Waals surface area (Å²) in [6.45, 7) is -0.884. The lowest BCUT2D eigenvalue weighted by Gasteiger charge is -2.36. The number of ketones is 1. The molecule has 3 aliphatic rings. The van der Waals surface area contributed by atoms with E-state index in [1.165, 1.54) is 0 Å². The molecule has 4 atom stereocenters. The molecule has 208 valence electrons. The number of carbonyl (C=O) groups excluding carboxylic acids is 4. The molecule has 5 rings (SSSR count). The lowest BCUT2D eigenvalue weighted by molar-refractivity contribution is -0.384. The number of hydrogen-bond acceptors (Lipinski definition) is 6. The van der Waals surface area contributed by atoms with Crippen LogP contribution in [0.4, 0.5) is 10.1 Å². The van der Waals surface area contributed by atoms with Crippen molar-refractivity contribution in [3.05, 3.63) is 85.7 Å². The second-order valence-corrected chi connectivity index (χ2v) is 12.4. The number of halogens is 7. The number of nitro groups is 1. The van der Waals surface area contributed by atoms with Gasteiger partial charge in [0, 0.05) is 23.3 Å². The Hall–Kier alpha value is -2.47. The molecule has 0 spiro atoms. The number of allylic oxidation sites excluding steroid dienone is 2. The number of nitro benzene ring substituents is 1. The third-order valence-corrected chi connectivity index (χ3v) is 11.4. The van der Waals surface area contributed by atoms with E-state index in [2.05, 4.69) is 0 Å². The number of benzene rings is 2. The molecule has 0 N–H and O–H groups in total. The van der Waals surface area contributed by atoms with Gasteiger partial charge >= 0.3 is 0 Å². The largest absolute Gasteiger partial charge is 0.292 e. The van der Waals surface area contributed by atoms with Crippen LogP contribution < -0.4 is 0 Å². The van der Waals surface area contributed by atoms with Gasteiger partial charge in [0.1, 0.15) is 22.1 Å². The average molecular weight is 670 g/mol. The van der Waals surface area contributed by atoms with E-state index in [1.807, 2.05) is 0 Å². The molecule has 0 aromatic heterocycles. The zero-order valence-corrected chi connectivity index (χ0v) is 24.0. The second-order valence-electron chi connectivity index (χ2n) is 9.17. The van der Waals surface area contributed by atoms with Gasteiger partial charge in [-0.2, -0.15) is 5.01 Å². The summed E-state index contributed by atoms with van der Waals surface area (Å²) in [6.07, 6.45) is 0. The van der Waals surface area contributed by atoms with Crippen LogP contribution in [-0.4, -0.2) is 59.1 Å². The quantitative estimate of drug-likeness (QED) is 0.133. The van der Waals surface area contributed by atoms with Crippen LogP contribution in [0.1, 0.15) is 20.7 Å². The molecule has 2 aromatic carbocycles. The maximum atomic E-state index is 13.8. The third kappa shape index (κ3) is 3.66. The molecule has 2 fully saturated rings. The van der Waals surface area contributed by atoms with Crippen LogP contribution in [0.15, 0.2) is 58.6 Å². The van der Waals surface area contributed by atoms with E-state index in [-0.39, 0.29) is 26.9 Å². The van der Waals surface area contributed by atoms with Crippen LogP contribution in [0.5, 0.6) is 0 Å². The summed E-state index contributed by atoms with van der Waals surface area (Å²) in [5, 5.41) is 11.3. The van der Waals surface area contributed by atoms with Crippen molar-refractivity contribution in [3.8, 4) is 0 Å². The van der Waals surface area contributed by atoms with Crippen molar-refractivity contribution >= 4 is 98.8 Å². The highest BCUT2D eigenvalue weighted by Gasteiger charge is 2.88. The van der Waals surface area contributed by atoms with E-state index >= 15 is 0 Å². The first-order chi connectivity index (χ1) is 18.6. The number of Topliss-reactive ketones (excluding diaryl/α,β-unsaturated/α-hetero) is 1. The highest BCUT2D eigenvalue weighted by Crippen LogP contribution is 2.77. The average Bonchev–Trinajstić information content (AvgIpc) is 3.30. The minimum absolute atomic E-state index is 0.0434. The zero-order valence-electron chi connectivity index (χ0n) is 19.4. The fourth-order valence-electron chi connectivity index (χ4n) is 5.19. The lowest BCUT2D eigenvalue weighted by Crippen LogP contribution is -2.56. The van der Waals surface area contributed by atoms with Crippen LogP contribution in [0.25, 0.3) is 0 Å². The van der Waals surface area contributed by atoms with Crippen LogP contribution >= 0.6 is 69.6 Å². The van der Waals surface area contributed by atoms with E-state index in [1.54, 1.807) is 0 Å². The maximum absolute atomic E-state index is 13.8. The van der Waals surface area contributed by atoms with Crippen molar-refractivity contribution in [2.24, 2.45) is 11.8 Å². The number of non-ortho nitro benzene ring substituents is 1. The Bertz CT molecular complexity index is 1510. The number of carbonyl (C=O) groups is 4. The van der Waals surface area contributed by atoms with Crippen molar-refractivity contribution in [2.45, 2.75) is 14.1 Å². The molecule has 1 aliphatic heterocycles. The third-order valence-electron chi connectivity index (χ3n) is 7.15. The first kappa shape index (κ1) is 29.0. The van der Waals surface area contributed by atoms with Crippen LogP contribution in [0.3, 0.4) is 0 Å². The van der Waals surface area contributed by atoms with Crippen LogP contribution in [-0.2, 0) is 9.59 Å². The molecule has 9 nitrogen and oxygen atoms in total. The SMILES string of the molecule is O=C(CN(C(=O)c1ccc([N+](=O)[O-])cc1)N1C(=O)[C@@H]2[C@H](C1=O)[C@@]1(Cl)C(Cl)=C(Cl)[C@@]2(Cl)C1(Cl)Cl)c1ccc(F)cc1. The van der Waals surface area contributed by atoms with Crippen molar-refractivity contribution < 1.29 is 28.5 Å². The Morgan fingerprint density at radius 3 is 1.77 bits per heavy atom. The highest BCUT2D eigenvalue weighted by atomic mass is 35.5. The van der Waals surface area contributed by atoms with E-state index in [0.717, 1.165) is 48.5 Å². The molecule has 16 heteroatoms. The van der Waals surface area contributed by atoms with Crippen LogP contribution in [0.2, 0.25) is 0 Å². The van der Waals surface area contributed by atoms with Gasteiger partial charge < -0.3 is 0 Å². The van der Waals surface area contributed by atoms with Crippen molar-refractivity contribution in [2.75, 3.05) is 6.54 Å². The molecular weight excluding hydrogens is 658 g/mol. The van der Waals surface area contributed by atoms with Crippen molar-refractivity contribution in [1.29, 1.82) is 0 Å². The van der Waals surface area contributed by atoms with Gasteiger partial charge in [0.15, 0.2) is 10.1 Å². The number of hydrazine groups is 1. The van der Waals surface area contributed by atoms with Crippen molar-refractivity contribution in [1.82, 2.24) is 10.0 Å². The number of nitrogens with zero attached hydrogens (tertiary/aromatic N) is 3. The lowest BCUT2D eigenvalue weighted by atomic mass is 9.84. The predicted molar refractivity (Wildman–Crippen MR) is 144 cm³/mol. The first-order valence-electron chi connectivity index (χ1n) is 11.1. The molecule has 1 heterocycles. The molecule has 2 bridgehead atoms. The Morgan fingerprint density at radius 2 is 1.32 bits per heavy atom. The molecule has 40 heavy (non-hydrogen) atoms. The van der Waals surface area contributed by atoms with E-state index in [0.29, 0.717) is 10.0 Å². The van der Waals surface area contributed by atoms with Gasteiger partial charge in [-0.25, -0.2) is 9.40 Å². The topological polar surface area (TPSA) is 118 Å². The van der Waals surface area contributed by atoms with Crippen LogP contribution in [0, 0.1) is 27.8 Å². The Morgan fingerprint density at radius 1 is 0.875 bits per heavy atom. The fraction of sp³-hybridized carbons (Fsp3) is 0.250. The number of hydrogen-bond donors (Lipinski definition) is 0. The molecular formula is C24H12Cl6FN3O6. The monoisotopic (exact) mass is 667 g/mol. The van der Waals surface area contributed by atoms with Gasteiger partial charge in [0.25, 0.3) is 23.4 Å². The maximum Gasteiger partial charge on any atom is 0.273 e. The Balaban J connectivity index is 1.59. The second kappa shape index (κ2) is 9.54. The Kier molecular flexibility index (Phi) is 6.92. The number of amides is 3. The van der Waals surface area contributed by atoms with Gasteiger partial charge in [-0.3, -0.25) is 29.3 Å². The summed E-state index contributed by atoms with van der Waals surface area (Å²) in [5.41, 5.74) is -0.593. The summed E-state index contributed by atoms with van der Waals surface area (Å²) in [6, 6.07) is 8.52.